The normalized spacial score (nSPS) is 18.5. The molecule has 364 valence electrons. The average molecular weight is 939 g/mol. The smallest absolute Gasteiger partial charge is 0.314 e. The van der Waals surface area contributed by atoms with E-state index in [0.29, 0.717) is 45.6 Å². The van der Waals surface area contributed by atoms with E-state index in [2.05, 4.69) is 13.8 Å². The summed E-state index contributed by atoms with van der Waals surface area (Å²) in [6.45, 7) is 4.39. The second-order valence-corrected chi connectivity index (χ2v) is 19.4. The third-order valence-electron chi connectivity index (χ3n) is 14.0. The summed E-state index contributed by atoms with van der Waals surface area (Å²) >= 11 is 0. The van der Waals surface area contributed by atoms with Gasteiger partial charge in [0, 0.05) is 37.1 Å². The van der Waals surface area contributed by atoms with E-state index in [9.17, 15) is 39.4 Å². The molecule has 0 saturated heterocycles. The van der Waals surface area contributed by atoms with Crippen LogP contribution >= 0.6 is 0 Å². The molecular formula is C57H66N2O10. The molecule has 0 bridgehead atoms. The number of nitrogens with zero attached hydrogens (tertiary/aromatic N) is 2. The standard InChI is InChI=1S/C57H66N2O10/c1-3-5-7-41-9-23-47(24-10-41)55(62)68-53-33-19-43(20-34-53)17-31-51(60)39-57(37-45-13-27-49(28-14-45)58(64)65,38-46-15-29-50(30-16-46)59(66)67)40-52(61)32-18-44-21-35-54(36-22-44)69-56(63)48-25-11-42(12-26-48)8-6-4-2/h13-22,27-36,41-42,47-48H,3-12,23-26,37-40H2,1-2H3/b31-17+,32-18+. The number of rotatable bonds is 24. The molecule has 0 aliphatic heterocycles. The van der Waals surface area contributed by atoms with Crippen molar-refractivity contribution in [2.75, 3.05) is 0 Å². The van der Waals surface area contributed by atoms with Crippen LogP contribution in [0.15, 0.2) is 109 Å². The van der Waals surface area contributed by atoms with Gasteiger partial charge in [-0.15, -0.1) is 0 Å². The highest BCUT2D eigenvalue weighted by atomic mass is 16.6. The van der Waals surface area contributed by atoms with Crippen molar-refractivity contribution in [2.45, 2.75) is 129 Å². The maximum Gasteiger partial charge on any atom is 0.314 e. The number of ketones is 2. The fourth-order valence-corrected chi connectivity index (χ4v) is 10.00. The largest absolute Gasteiger partial charge is 0.426 e. The number of carbonyl (C=O) groups is 4. The van der Waals surface area contributed by atoms with Crippen LogP contribution in [0.3, 0.4) is 0 Å². The van der Waals surface area contributed by atoms with Gasteiger partial charge in [0.25, 0.3) is 11.4 Å². The Hall–Kier alpha value is -6.56. The van der Waals surface area contributed by atoms with Crippen LogP contribution < -0.4 is 9.47 Å². The SMILES string of the molecule is CCCCC1CCC(C(=O)Oc2ccc(/C=C/C(=O)CC(CC(=O)/C=C/c3ccc(OC(=O)C4CCC(CCCC)CC4)cc3)(Cc3ccc([N+](=O)[O-])cc3)Cc3ccc([N+](=O)[O-])cc3)cc2)CC1. The molecule has 0 aromatic heterocycles. The first kappa shape index (κ1) is 51.8. The zero-order valence-corrected chi connectivity index (χ0v) is 40.1. The average Bonchev–Trinajstić information content (AvgIpc) is 3.35. The van der Waals surface area contributed by atoms with Gasteiger partial charge in [0.15, 0.2) is 11.6 Å². The molecule has 12 heteroatoms. The molecule has 0 atom stereocenters. The number of benzene rings is 4. The van der Waals surface area contributed by atoms with E-state index in [0.717, 1.165) is 51.4 Å². The summed E-state index contributed by atoms with van der Waals surface area (Å²) in [7, 11) is 0. The predicted molar refractivity (Wildman–Crippen MR) is 267 cm³/mol. The Morgan fingerprint density at radius 1 is 0.536 bits per heavy atom. The number of non-ortho nitro benzene ring substituents is 2. The minimum Gasteiger partial charge on any atom is -0.426 e. The third-order valence-corrected chi connectivity index (χ3v) is 14.0. The molecule has 12 nitrogen and oxygen atoms in total. The van der Waals surface area contributed by atoms with Gasteiger partial charge in [-0.3, -0.25) is 39.4 Å². The van der Waals surface area contributed by atoms with Crippen molar-refractivity contribution in [2.24, 2.45) is 29.1 Å². The summed E-state index contributed by atoms with van der Waals surface area (Å²) in [5.74, 6) is 0.993. The van der Waals surface area contributed by atoms with Crippen LogP contribution in [-0.2, 0) is 32.0 Å². The summed E-state index contributed by atoms with van der Waals surface area (Å²) in [6.07, 6.45) is 21.1. The zero-order chi connectivity index (χ0) is 49.2. The lowest BCUT2D eigenvalue weighted by molar-refractivity contribution is -0.385. The van der Waals surface area contributed by atoms with Crippen LogP contribution in [0.1, 0.15) is 139 Å². The van der Waals surface area contributed by atoms with Gasteiger partial charge in [-0.2, -0.15) is 0 Å². The topological polar surface area (TPSA) is 173 Å². The lowest BCUT2D eigenvalue weighted by Crippen LogP contribution is -2.32. The van der Waals surface area contributed by atoms with Crippen LogP contribution in [0.25, 0.3) is 12.2 Å². The second kappa shape index (κ2) is 25.7. The minimum atomic E-state index is -1.07. The molecule has 4 aromatic rings. The summed E-state index contributed by atoms with van der Waals surface area (Å²) in [6, 6.07) is 25.9. The number of unbranched alkanes of at least 4 members (excludes halogenated alkanes) is 2. The van der Waals surface area contributed by atoms with Crippen molar-refractivity contribution >= 4 is 47.0 Å². The Kier molecular flexibility index (Phi) is 19.3. The Labute approximate surface area is 405 Å². The van der Waals surface area contributed by atoms with Crippen molar-refractivity contribution in [3.05, 3.63) is 152 Å². The van der Waals surface area contributed by atoms with Gasteiger partial charge in [0.2, 0.25) is 0 Å². The maximum atomic E-state index is 14.1. The first-order chi connectivity index (χ1) is 33.3. The quantitative estimate of drug-likeness (QED) is 0.0216. The van der Waals surface area contributed by atoms with Gasteiger partial charge in [-0.25, -0.2) is 0 Å². The minimum absolute atomic E-state index is 0.103. The van der Waals surface area contributed by atoms with E-state index in [1.54, 1.807) is 84.9 Å². The fraction of sp³-hybridized carbons (Fsp3) is 0.439. The highest BCUT2D eigenvalue weighted by Crippen LogP contribution is 2.39. The highest BCUT2D eigenvalue weighted by molar-refractivity contribution is 5.97. The summed E-state index contributed by atoms with van der Waals surface area (Å²) in [4.78, 5) is 76.2. The van der Waals surface area contributed by atoms with Crippen LogP contribution in [0.2, 0.25) is 0 Å². The zero-order valence-electron chi connectivity index (χ0n) is 40.1. The van der Waals surface area contributed by atoms with Crippen LogP contribution in [0.5, 0.6) is 11.5 Å². The van der Waals surface area contributed by atoms with E-state index >= 15 is 0 Å². The predicted octanol–water partition coefficient (Wildman–Crippen LogP) is 13.4. The number of allylic oxidation sites excluding steroid dienone is 2. The van der Waals surface area contributed by atoms with Crippen LogP contribution in [0, 0.1) is 49.3 Å². The molecule has 0 unspecified atom stereocenters. The number of esters is 2. The summed E-state index contributed by atoms with van der Waals surface area (Å²) < 4.78 is 11.5. The maximum absolute atomic E-state index is 14.1. The van der Waals surface area contributed by atoms with Crippen LogP contribution in [0.4, 0.5) is 11.4 Å². The number of hydrogen-bond acceptors (Lipinski definition) is 10. The molecule has 2 aliphatic carbocycles. The van der Waals surface area contributed by atoms with Gasteiger partial charge < -0.3 is 9.47 Å². The van der Waals surface area contributed by atoms with Gasteiger partial charge in [-0.05, 0) is 140 Å². The molecule has 2 fully saturated rings. The Morgan fingerprint density at radius 3 is 1.20 bits per heavy atom. The van der Waals surface area contributed by atoms with Gasteiger partial charge in [0.1, 0.15) is 11.5 Å². The first-order valence-corrected chi connectivity index (χ1v) is 24.8. The van der Waals surface area contributed by atoms with Gasteiger partial charge in [0.05, 0.1) is 21.7 Å². The molecule has 0 radical (unpaired) electrons. The highest BCUT2D eigenvalue weighted by Gasteiger charge is 2.35. The molecule has 6 rings (SSSR count). The lowest BCUT2D eigenvalue weighted by Gasteiger charge is -2.33. The van der Waals surface area contributed by atoms with E-state index in [1.165, 1.54) is 74.9 Å². The number of nitro benzene ring substituents is 2. The van der Waals surface area contributed by atoms with Gasteiger partial charge in [-0.1, -0.05) is 113 Å². The van der Waals surface area contributed by atoms with E-state index < -0.39 is 15.3 Å². The number of hydrogen-bond donors (Lipinski definition) is 0. The fourth-order valence-electron chi connectivity index (χ4n) is 10.00. The molecule has 2 saturated carbocycles. The van der Waals surface area contributed by atoms with Crippen molar-refractivity contribution in [3.63, 3.8) is 0 Å². The first-order valence-electron chi connectivity index (χ1n) is 24.8. The second-order valence-electron chi connectivity index (χ2n) is 19.4. The number of carbonyl (C=O) groups excluding carboxylic acids is 4. The lowest BCUT2D eigenvalue weighted by atomic mass is 9.69. The molecule has 0 amide bonds. The van der Waals surface area contributed by atoms with Crippen molar-refractivity contribution in [1.29, 1.82) is 0 Å². The Bertz CT molecular complexity index is 2240. The number of ether oxygens (including phenoxy) is 2. The molecule has 0 spiro atoms. The summed E-state index contributed by atoms with van der Waals surface area (Å²) in [5, 5.41) is 23.1. The van der Waals surface area contributed by atoms with Crippen molar-refractivity contribution in [3.8, 4) is 11.5 Å². The molecule has 4 aromatic carbocycles. The monoisotopic (exact) mass is 938 g/mol. The Morgan fingerprint density at radius 2 is 0.884 bits per heavy atom. The van der Waals surface area contributed by atoms with Crippen molar-refractivity contribution < 1.29 is 38.5 Å². The number of nitro groups is 2. The molecule has 69 heavy (non-hydrogen) atoms. The van der Waals surface area contributed by atoms with Crippen molar-refractivity contribution in [1.82, 2.24) is 0 Å². The van der Waals surface area contributed by atoms with E-state index in [-0.39, 0.29) is 72.4 Å². The van der Waals surface area contributed by atoms with Gasteiger partial charge >= 0.3 is 11.9 Å². The summed E-state index contributed by atoms with van der Waals surface area (Å²) in [5.41, 5.74) is 1.45. The molecule has 2 aliphatic rings. The molecule has 0 N–H and O–H groups in total. The third kappa shape index (κ3) is 16.3. The molecular weight excluding hydrogens is 873 g/mol. The van der Waals surface area contributed by atoms with E-state index in [4.69, 9.17) is 9.47 Å². The van der Waals surface area contributed by atoms with Crippen LogP contribution in [-0.4, -0.2) is 33.4 Å². The Balaban J connectivity index is 1.16. The molecule has 0 heterocycles. The van der Waals surface area contributed by atoms with E-state index in [1.807, 2.05) is 0 Å².